The van der Waals surface area contributed by atoms with E-state index in [9.17, 15) is 4.79 Å². The number of hydrogen-bond acceptors (Lipinski definition) is 4. The highest BCUT2D eigenvalue weighted by Gasteiger charge is 2.27. The first kappa shape index (κ1) is 19.0. The summed E-state index contributed by atoms with van der Waals surface area (Å²) in [5.74, 6) is 3.07. The van der Waals surface area contributed by atoms with Gasteiger partial charge in [0.25, 0.3) is 0 Å². The van der Waals surface area contributed by atoms with Gasteiger partial charge in [0.15, 0.2) is 5.82 Å². The third-order valence-corrected chi connectivity index (χ3v) is 5.88. The number of ether oxygens (including phenoxy) is 1. The lowest BCUT2D eigenvalue weighted by Gasteiger charge is -2.31. The SMILES string of the molecule is Cc1nc(C2CCCN(C(=O)CCc3cccc(OC4CCCC4)c3)C2)n[nH]1. The summed E-state index contributed by atoms with van der Waals surface area (Å²) in [6.45, 7) is 3.47. The van der Waals surface area contributed by atoms with Crippen molar-refractivity contribution in [3.05, 3.63) is 41.5 Å². The smallest absolute Gasteiger partial charge is 0.222 e. The van der Waals surface area contributed by atoms with Crippen molar-refractivity contribution < 1.29 is 9.53 Å². The Morgan fingerprint density at radius 2 is 2.11 bits per heavy atom. The van der Waals surface area contributed by atoms with Crippen LogP contribution in [0.4, 0.5) is 0 Å². The molecule has 1 atom stereocenters. The summed E-state index contributed by atoms with van der Waals surface area (Å²) in [4.78, 5) is 19.2. The number of nitrogens with one attached hydrogen (secondary N) is 1. The zero-order valence-corrected chi connectivity index (χ0v) is 16.7. The number of carbonyl (C=O) groups is 1. The van der Waals surface area contributed by atoms with Gasteiger partial charge < -0.3 is 9.64 Å². The van der Waals surface area contributed by atoms with Gasteiger partial charge in [0.2, 0.25) is 5.91 Å². The Morgan fingerprint density at radius 1 is 1.25 bits per heavy atom. The van der Waals surface area contributed by atoms with Crippen molar-refractivity contribution in [2.45, 2.75) is 70.3 Å². The molecular formula is C22H30N4O2. The van der Waals surface area contributed by atoms with Crippen LogP contribution in [0.1, 0.15) is 68.1 Å². The van der Waals surface area contributed by atoms with Gasteiger partial charge in [-0.3, -0.25) is 9.89 Å². The lowest BCUT2D eigenvalue weighted by atomic mass is 9.97. The van der Waals surface area contributed by atoms with E-state index in [2.05, 4.69) is 27.3 Å². The number of aromatic nitrogens is 3. The average Bonchev–Trinajstić information content (AvgIpc) is 3.38. The van der Waals surface area contributed by atoms with Gasteiger partial charge in [0.1, 0.15) is 11.6 Å². The molecule has 1 saturated heterocycles. The number of benzene rings is 1. The second kappa shape index (κ2) is 8.76. The molecule has 0 spiro atoms. The number of carbonyl (C=O) groups excluding carboxylic acids is 1. The molecule has 1 N–H and O–H groups in total. The van der Waals surface area contributed by atoms with Gasteiger partial charge in [-0.1, -0.05) is 12.1 Å². The van der Waals surface area contributed by atoms with E-state index in [1.165, 1.54) is 18.4 Å². The predicted octanol–water partition coefficient (Wildman–Crippen LogP) is 3.77. The van der Waals surface area contributed by atoms with Crippen LogP contribution < -0.4 is 4.74 Å². The van der Waals surface area contributed by atoms with E-state index in [-0.39, 0.29) is 11.8 Å². The van der Waals surface area contributed by atoms with Gasteiger partial charge in [-0.05, 0) is 69.6 Å². The second-order valence-corrected chi connectivity index (χ2v) is 8.13. The topological polar surface area (TPSA) is 71.1 Å². The van der Waals surface area contributed by atoms with Crippen LogP contribution in [0.5, 0.6) is 5.75 Å². The maximum atomic E-state index is 12.8. The molecule has 150 valence electrons. The van der Waals surface area contributed by atoms with Crippen LogP contribution in [0.15, 0.2) is 24.3 Å². The summed E-state index contributed by atoms with van der Waals surface area (Å²) < 4.78 is 6.09. The highest BCUT2D eigenvalue weighted by molar-refractivity contribution is 5.76. The highest BCUT2D eigenvalue weighted by atomic mass is 16.5. The fourth-order valence-electron chi connectivity index (χ4n) is 4.34. The first-order chi connectivity index (χ1) is 13.7. The Hall–Kier alpha value is -2.37. The fourth-order valence-corrected chi connectivity index (χ4v) is 4.34. The molecule has 4 rings (SSSR count). The Kier molecular flexibility index (Phi) is 5.93. The number of H-pyrrole nitrogens is 1. The number of piperidine rings is 1. The maximum Gasteiger partial charge on any atom is 0.222 e. The molecule has 1 aliphatic carbocycles. The van der Waals surface area contributed by atoms with Crippen molar-refractivity contribution in [3.63, 3.8) is 0 Å². The van der Waals surface area contributed by atoms with Gasteiger partial charge in [0, 0.05) is 25.4 Å². The quantitative estimate of drug-likeness (QED) is 0.825. The standard InChI is InChI=1S/C22H30N4O2/c1-16-23-22(25-24-16)18-7-5-13-26(15-18)21(27)12-11-17-6-4-10-20(14-17)28-19-8-2-3-9-19/h4,6,10,14,18-19H,2-3,5,7-9,11-13,15H2,1H3,(H,23,24,25). The molecule has 1 aliphatic heterocycles. The third kappa shape index (κ3) is 4.72. The summed E-state index contributed by atoms with van der Waals surface area (Å²) in [6.07, 6.45) is 8.55. The van der Waals surface area contributed by atoms with E-state index in [1.54, 1.807) is 0 Å². The van der Waals surface area contributed by atoms with Gasteiger partial charge >= 0.3 is 0 Å². The zero-order valence-electron chi connectivity index (χ0n) is 16.7. The number of nitrogens with zero attached hydrogens (tertiary/aromatic N) is 3. The van der Waals surface area contributed by atoms with E-state index in [0.717, 1.165) is 62.6 Å². The van der Waals surface area contributed by atoms with Crippen molar-refractivity contribution in [1.82, 2.24) is 20.1 Å². The number of likely N-dealkylation sites (tertiary alicyclic amines) is 1. The number of amides is 1. The molecule has 1 amide bonds. The van der Waals surface area contributed by atoms with Crippen LogP contribution in [0.2, 0.25) is 0 Å². The summed E-state index contributed by atoms with van der Waals surface area (Å²) in [7, 11) is 0. The maximum absolute atomic E-state index is 12.8. The van der Waals surface area contributed by atoms with Crippen molar-refractivity contribution in [2.24, 2.45) is 0 Å². The minimum atomic E-state index is 0.221. The van der Waals surface area contributed by atoms with Crippen LogP contribution in [-0.4, -0.2) is 45.2 Å². The molecular weight excluding hydrogens is 352 g/mol. The van der Waals surface area contributed by atoms with E-state index < -0.39 is 0 Å². The minimum absolute atomic E-state index is 0.221. The monoisotopic (exact) mass is 382 g/mol. The molecule has 28 heavy (non-hydrogen) atoms. The number of hydrogen-bond donors (Lipinski definition) is 1. The molecule has 2 aromatic rings. The van der Waals surface area contributed by atoms with Gasteiger partial charge in [-0.2, -0.15) is 5.10 Å². The molecule has 1 aromatic carbocycles. The van der Waals surface area contributed by atoms with Crippen molar-refractivity contribution in [3.8, 4) is 5.75 Å². The number of aromatic amines is 1. The fraction of sp³-hybridized carbons (Fsp3) is 0.591. The molecule has 6 heteroatoms. The third-order valence-electron chi connectivity index (χ3n) is 5.88. The molecule has 6 nitrogen and oxygen atoms in total. The summed E-state index contributed by atoms with van der Waals surface area (Å²) in [5, 5.41) is 7.20. The summed E-state index contributed by atoms with van der Waals surface area (Å²) in [5.41, 5.74) is 1.17. The lowest BCUT2D eigenvalue weighted by molar-refractivity contribution is -0.132. The summed E-state index contributed by atoms with van der Waals surface area (Å²) >= 11 is 0. The van der Waals surface area contributed by atoms with Crippen LogP contribution >= 0.6 is 0 Å². The Balaban J connectivity index is 1.30. The molecule has 2 fully saturated rings. The van der Waals surface area contributed by atoms with Crippen LogP contribution in [0.25, 0.3) is 0 Å². The van der Waals surface area contributed by atoms with Crippen molar-refractivity contribution >= 4 is 5.91 Å². The Bertz CT molecular complexity index is 797. The summed E-state index contributed by atoms with van der Waals surface area (Å²) in [6, 6.07) is 8.25. The van der Waals surface area contributed by atoms with Crippen LogP contribution in [-0.2, 0) is 11.2 Å². The highest BCUT2D eigenvalue weighted by Crippen LogP contribution is 2.26. The predicted molar refractivity (Wildman–Crippen MR) is 107 cm³/mol. The molecule has 1 saturated carbocycles. The normalized spacial score (nSPS) is 20.5. The van der Waals surface area contributed by atoms with Crippen molar-refractivity contribution in [1.29, 1.82) is 0 Å². The molecule has 0 radical (unpaired) electrons. The Labute approximate surface area is 166 Å². The van der Waals surface area contributed by atoms with Crippen molar-refractivity contribution in [2.75, 3.05) is 13.1 Å². The van der Waals surface area contributed by atoms with Crippen LogP contribution in [0, 0.1) is 6.92 Å². The van der Waals surface area contributed by atoms with E-state index >= 15 is 0 Å². The molecule has 2 aliphatic rings. The van der Waals surface area contributed by atoms with E-state index in [0.29, 0.717) is 12.5 Å². The van der Waals surface area contributed by atoms with Gasteiger partial charge in [-0.15, -0.1) is 0 Å². The van der Waals surface area contributed by atoms with E-state index in [4.69, 9.17) is 4.74 Å². The average molecular weight is 383 g/mol. The first-order valence-corrected chi connectivity index (χ1v) is 10.6. The molecule has 0 bridgehead atoms. The number of rotatable bonds is 6. The van der Waals surface area contributed by atoms with Gasteiger partial charge in [0.05, 0.1) is 6.10 Å². The molecule has 1 aromatic heterocycles. The van der Waals surface area contributed by atoms with Gasteiger partial charge in [-0.25, -0.2) is 4.98 Å². The Morgan fingerprint density at radius 3 is 2.89 bits per heavy atom. The van der Waals surface area contributed by atoms with E-state index in [1.807, 2.05) is 24.0 Å². The van der Waals surface area contributed by atoms with Crippen LogP contribution in [0.3, 0.4) is 0 Å². The number of aryl methyl sites for hydroxylation is 2. The molecule has 2 heterocycles. The lowest BCUT2D eigenvalue weighted by Crippen LogP contribution is -2.39. The molecule has 1 unspecified atom stereocenters. The largest absolute Gasteiger partial charge is 0.490 e. The first-order valence-electron chi connectivity index (χ1n) is 10.6. The minimum Gasteiger partial charge on any atom is -0.490 e. The zero-order chi connectivity index (χ0) is 19.3. The second-order valence-electron chi connectivity index (χ2n) is 8.13.